The molecule has 10 nitrogen and oxygen atoms in total. The Morgan fingerprint density at radius 3 is 2.14 bits per heavy atom. The maximum absolute atomic E-state index is 12.6. The highest BCUT2D eigenvalue weighted by atomic mass is 32.2. The van der Waals surface area contributed by atoms with E-state index in [1.165, 1.54) is 31.4 Å². The zero-order chi connectivity index (χ0) is 21.2. The number of rotatable bonds is 7. The number of benzene rings is 2. The average Bonchev–Trinajstić information content (AvgIpc) is 3.16. The van der Waals surface area contributed by atoms with Crippen LogP contribution in [0, 0.1) is 10.1 Å². The van der Waals surface area contributed by atoms with Crippen LogP contribution in [0.3, 0.4) is 0 Å². The van der Waals surface area contributed by atoms with Gasteiger partial charge >= 0.3 is 0 Å². The number of nitrogens with zero attached hydrogens (tertiary/aromatic N) is 2. The molecule has 0 aliphatic carbocycles. The number of nitro groups is 1. The van der Waals surface area contributed by atoms with Gasteiger partial charge in [0, 0.05) is 12.1 Å². The number of hydrogen-bond donors (Lipinski definition) is 1. The van der Waals surface area contributed by atoms with E-state index in [1.54, 1.807) is 0 Å². The van der Waals surface area contributed by atoms with Gasteiger partial charge in [-0.3, -0.25) is 14.8 Å². The maximum Gasteiger partial charge on any atom is 0.269 e. The summed E-state index contributed by atoms with van der Waals surface area (Å²) in [5, 5.41) is 10.6. The van der Waals surface area contributed by atoms with E-state index in [-0.39, 0.29) is 24.8 Å². The molecule has 0 aliphatic rings. The lowest BCUT2D eigenvalue weighted by atomic mass is 10.3. The Bertz CT molecular complexity index is 1250. The van der Waals surface area contributed by atoms with E-state index in [4.69, 9.17) is 4.74 Å². The van der Waals surface area contributed by atoms with Crippen LogP contribution in [0.4, 0.5) is 10.8 Å². The van der Waals surface area contributed by atoms with E-state index in [2.05, 4.69) is 9.71 Å². The fraction of sp³-hybridized carbons (Fsp3) is 0.0625. The largest absolute Gasteiger partial charge is 0.497 e. The van der Waals surface area contributed by atoms with Gasteiger partial charge in [-0.2, -0.15) is 0 Å². The molecule has 0 saturated heterocycles. The lowest BCUT2D eigenvalue weighted by Gasteiger charge is -2.06. The van der Waals surface area contributed by atoms with E-state index in [1.807, 2.05) is 0 Å². The summed E-state index contributed by atoms with van der Waals surface area (Å²) in [6, 6.07) is 9.97. The molecule has 1 N–H and O–H groups in total. The standard InChI is InChI=1S/C16H13N3O7S3/c1-26-12-4-8-14(9-5-12)29(24,25)18-16-17-10-15(27-16)28(22,23)13-6-2-11(3-7-13)19(20)21/h2-10H,1H3,(H,17,18). The van der Waals surface area contributed by atoms with E-state index in [0.29, 0.717) is 17.1 Å². The van der Waals surface area contributed by atoms with Crippen LogP contribution >= 0.6 is 11.3 Å². The molecule has 3 aromatic rings. The molecule has 0 bridgehead atoms. The van der Waals surface area contributed by atoms with Crippen LogP contribution in [0.2, 0.25) is 0 Å². The van der Waals surface area contributed by atoms with Crippen LogP contribution in [0.5, 0.6) is 5.75 Å². The highest BCUT2D eigenvalue weighted by Crippen LogP contribution is 2.30. The van der Waals surface area contributed by atoms with Crippen molar-refractivity contribution < 1.29 is 26.5 Å². The van der Waals surface area contributed by atoms with Crippen molar-refractivity contribution in [2.45, 2.75) is 14.0 Å². The van der Waals surface area contributed by atoms with Crippen molar-refractivity contribution in [2.75, 3.05) is 11.8 Å². The number of sulfone groups is 1. The molecular weight excluding hydrogens is 442 g/mol. The predicted octanol–water partition coefficient (Wildman–Crippen LogP) is 2.69. The molecule has 1 aromatic heterocycles. The highest BCUT2D eigenvalue weighted by molar-refractivity contribution is 7.94. The van der Waals surface area contributed by atoms with Gasteiger partial charge in [0.05, 0.1) is 28.0 Å². The molecule has 0 spiro atoms. The first kappa shape index (κ1) is 20.7. The summed E-state index contributed by atoms with van der Waals surface area (Å²) in [7, 11) is -6.54. The first-order chi connectivity index (χ1) is 13.6. The average molecular weight is 455 g/mol. The van der Waals surface area contributed by atoms with Gasteiger partial charge in [0.1, 0.15) is 9.96 Å². The van der Waals surface area contributed by atoms with Gasteiger partial charge in [0.25, 0.3) is 15.7 Å². The van der Waals surface area contributed by atoms with Crippen LogP contribution in [0.1, 0.15) is 0 Å². The van der Waals surface area contributed by atoms with Crippen molar-refractivity contribution in [3.8, 4) is 5.75 Å². The number of methoxy groups -OCH3 is 1. The van der Waals surface area contributed by atoms with E-state index in [9.17, 15) is 26.9 Å². The van der Waals surface area contributed by atoms with E-state index < -0.39 is 24.8 Å². The van der Waals surface area contributed by atoms with E-state index >= 15 is 0 Å². The molecular formula is C16H13N3O7S3. The Kier molecular flexibility index (Phi) is 5.55. The lowest BCUT2D eigenvalue weighted by molar-refractivity contribution is -0.384. The second-order valence-corrected chi connectivity index (χ2v) is 10.4. The zero-order valence-corrected chi connectivity index (χ0v) is 17.1. The van der Waals surface area contributed by atoms with Crippen LogP contribution in [0.15, 0.2) is 68.7 Å². The molecule has 0 saturated carbocycles. The number of non-ortho nitro benzene ring substituents is 1. The SMILES string of the molecule is COc1ccc(S(=O)(=O)Nc2ncc(S(=O)(=O)c3ccc([N+](=O)[O-])cc3)s2)cc1. The Morgan fingerprint density at radius 2 is 1.59 bits per heavy atom. The van der Waals surface area contributed by atoms with Gasteiger partial charge < -0.3 is 4.74 Å². The topological polar surface area (TPSA) is 146 Å². The number of nitrogens with one attached hydrogen (secondary N) is 1. The van der Waals surface area contributed by atoms with Gasteiger partial charge in [-0.1, -0.05) is 11.3 Å². The van der Waals surface area contributed by atoms with Gasteiger partial charge in [-0.15, -0.1) is 0 Å². The minimum atomic E-state index is -4.01. The van der Waals surface area contributed by atoms with Crippen LogP contribution in [0.25, 0.3) is 0 Å². The molecule has 1 heterocycles. The Labute approximate surface area is 169 Å². The number of nitro benzene ring substituents is 1. The maximum atomic E-state index is 12.6. The number of sulfonamides is 1. The van der Waals surface area contributed by atoms with Gasteiger partial charge in [0.2, 0.25) is 9.84 Å². The summed E-state index contributed by atoms with van der Waals surface area (Å²) in [5.74, 6) is 0.481. The minimum absolute atomic E-state index is 0.0479. The predicted molar refractivity (Wildman–Crippen MR) is 104 cm³/mol. The molecule has 0 fully saturated rings. The second kappa shape index (κ2) is 7.77. The summed E-state index contributed by atoms with van der Waals surface area (Å²) in [5.41, 5.74) is -0.249. The third-order valence-corrected chi connectivity index (χ3v) is 8.33. The second-order valence-electron chi connectivity index (χ2n) is 5.52. The molecule has 13 heteroatoms. The summed E-state index contributed by atoms with van der Waals surface area (Å²) < 4.78 is 57.1. The molecule has 3 rings (SSSR count). The molecule has 0 atom stereocenters. The molecule has 29 heavy (non-hydrogen) atoms. The third-order valence-electron chi connectivity index (χ3n) is 3.70. The highest BCUT2D eigenvalue weighted by Gasteiger charge is 2.24. The van der Waals surface area contributed by atoms with Crippen molar-refractivity contribution in [3.05, 3.63) is 64.8 Å². The molecule has 2 aromatic carbocycles. The Morgan fingerprint density at radius 1 is 1.00 bits per heavy atom. The van der Waals surface area contributed by atoms with Crippen LogP contribution in [-0.2, 0) is 19.9 Å². The summed E-state index contributed by atoms with van der Waals surface area (Å²) in [6.45, 7) is 0. The van der Waals surface area contributed by atoms with Crippen molar-refractivity contribution >= 4 is 42.0 Å². The van der Waals surface area contributed by atoms with Gasteiger partial charge in [-0.25, -0.2) is 21.8 Å². The molecule has 0 amide bonds. The van der Waals surface area contributed by atoms with Crippen LogP contribution in [-0.4, -0.2) is 33.9 Å². The number of anilines is 1. The summed E-state index contributed by atoms with van der Waals surface area (Å²) in [6.07, 6.45) is 1.02. The van der Waals surface area contributed by atoms with Crippen LogP contribution < -0.4 is 9.46 Å². The minimum Gasteiger partial charge on any atom is -0.497 e. The first-order valence-electron chi connectivity index (χ1n) is 7.76. The van der Waals surface area contributed by atoms with Crippen molar-refractivity contribution in [1.29, 1.82) is 0 Å². The monoisotopic (exact) mass is 455 g/mol. The third kappa shape index (κ3) is 4.36. The number of aromatic nitrogens is 1. The van der Waals surface area contributed by atoms with Crippen molar-refractivity contribution in [2.24, 2.45) is 0 Å². The summed E-state index contributed by atoms with van der Waals surface area (Å²) in [4.78, 5) is 13.6. The number of thiazole rings is 1. The Hall–Kier alpha value is -3.03. The smallest absolute Gasteiger partial charge is 0.269 e. The number of ether oxygens (including phenoxy) is 1. The van der Waals surface area contributed by atoms with Crippen molar-refractivity contribution in [3.63, 3.8) is 0 Å². The summed E-state index contributed by atoms with van der Waals surface area (Å²) >= 11 is 0.626. The molecule has 0 aliphatic heterocycles. The molecule has 0 radical (unpaired) electrons. The fourth-order valence-corrected chi connectivity index (χ4v) is 5.90. The molecule has 152 valence electrons. The molecule has 0 unspecified atom stereocenters. The fourth-order valence-electron chi connectivity index (χ4n) is 2.22. The number of hydrogen-bond acceptors (Lipinski definition) is 9. The first-order valence-corrected chi connectivity index (χ1v) is 11.5. The Balaban J connectivity index is 1.84. The van der Waals surface area contributed by atoms with Crippen molar-refractivity contribution in [1.82, 2.24) is 4.98 Å². The quantitative estimate of drug-likeness (QED) is 0.423. The zero-order valence-electron chi connectivity index (χ0n) is 14.7. The van der Waals surface area contributed by atoms with Gasteiger partial charge in [0.15, 0.2) is 5.13 Å². The van der Waals surface area contributed by atoms with E-state index in [0.717, 1.165) is 30.5 Å². The van der Waals surface area contributed by atoms with Gasteiger partial charge in [-0.05, 0) is 36.4 Å². The normalized spacial score (nSPS) is 11.8. The lowest BCUT2D eigenvalue weighted by Crippen LogP contribution is -2.12.